The van der Waals surface area contributed by atoms with Crippen LogP contribution in [0.15, 0.2) is 0 Å². The normalized spacial score (nSPS) is 12.0. The molecule has 0 spiro atoms. The lowest BCUT2D eigenvalue weighted by Crippen LogP contribution is -2.07. The summed E-state index contributed by atoms with van der Waals surface area (Å²) in [6, 6.07) is -1.51. The van der Waals surface area contributed by atoms with E-state index >= 15 is 0 Å². The molecule has 74 valence electrons. The summed E-state index contributed by atoms with van der Waals surface area (Å²) in [5.74, 6) is 0. The van der Waals surface area contributed by atoms with E-state index in [1.807, 2.05) is 0 Å². The van der Waals surface area contributed by atoms with Gasteiger partial charge in [-0.3, -0.25) is 0 Å². The molecule has 0 aromatic heterocycles. The van der Waals surface area contributed by atoms with Gasteiger partial charge in [-0.2, -0.15) is 0 Å². The number of hydrogen-bond donors (Lipinski definition) is 0. The first-order valence-corrected chi connectivity index (χ1v) is 10.6. The van der Waals surface area contributed by atoms with Crippen LogP contribution in [-0.4, -0.2) is 11.3 Å². The minimum absolute atomic E-state index is 0.811. The number of unbranched alkanes of at least 4 members (excludes halogenated alkanes) is 4. The van der Waals surface area contributed by atoms with Crippen LogP contribution in [0.2, 0.25) is 6.04 Å². The molecule has 5 heteroatoms. The van der Waals surface area contributed by atoms with Crippen LogP contribution in [0, 0.1) is 0 Å². The summed E-state index contributed by atoms with van der Waals surface area (Å²) in [7, 11) is 0. The lowest BCUT2D eigenvalue weighted by atomic mass is 10.2. The van der Waals surface area contributed by atoms with Crippen molar-refractivity contribution in [2.75, 3.05) is 5.33 Å². The minimum Gasteiger partial charge on any atom is -0.126 e. The van der Waals surface area contributed by atoms with E-state index in [1.165, 1.54) is 25.7 Å². The van der Waals surface area contributed by atoms with Gasteiger partial charge in [-0.05, 0) is 12.5 Å². The molecule has 0 N–H and O–H groups in total. The van der Waals surface area contributed by atoms with E-state index in [-0.39, 0.29) is 0 Å². The SMILES string of the molecule is Cl[Si](Cl)(Cl)CCCCCCCBr. The molecule has 12 heavy (non-hydrogen) atoms. The van der Waals surface area contributed by atoms with E-state index in [1.54, 1.807) is 0 Å². The topological polar surface area (TPSA) is 0 Å². The van der Waals surface area contributed by atoms with Crippen molar-refractivity contribution in [1.82, 2.24) is 0 Å². The van der Waals surface area contributed by atoms with Crippen molar-refractivity contribution in [3.8, 4) is 0 Å². The summed E-state index contributed by atoms with van der Waals surface area (Å²) < 4.78 is 0. The van der Waals surface area contributed by atoms with Gasteiger partial charge in [0.15, 0.2) is 0 Å². The maximum absolute atomic E-state index is 5.74. The molecule has 0 aromatic rings. The molecular weight excluding hydrogens is 298 g/mol. The lowest BCUT2D eigenvalue weighted by Gasteiger charge is -2.06. The third-order valence-electron chi connectivity index (χ3n) is 1.59. The van der Waals surface area contributed by atoms with Crippen LogP contribution in [-0.2, 0) is 0 Å². The van der Waals surface area contributed by atoms with Gasteiger partial charge in [-0.25, -0.2) is 0 Å². The molecule has 0 aliphatic heterocycles. The second-order valence-electron chi connectivity index (χ2n) is 2.82. The third kappa shape index (κ3) is 11.6. The Morgan fingerprint density at radius 1 is 0.833 bits per heavy atom. The Balaban J connectivity index is 3.01. The summed E-state index contributed by atoms with van der Waals surface area (Å²) in [5, 5.41) is 1.10. The highest BCUT2D eigenvalue weighted by molar-refractivity contribution is 9.09. The number of alkyl halides is 1. The molecule has 0 aromatic carbocycles. The highest BCUT2D eigenvalue weighted by Gasteiger charge is 2.23. The van der Waals surface area contributed by atoms with Crippen LogP contribution in [0.1, 0.15) is 32.1 Å². The quantitative estimate of drug-likeness (QED) is 0.269. The zero-order valence-electron chi connectivity index (χ0n) is 6.96. The van der Waals surface area contributed by atoms with E-state index in [2.05, 4.69) is 15.9 Å². The van der Waals surface area contributed by atoms with E-state index in [9.17, 15) is 0 Å². The van der Waals surface area contributed by atoms with Crippen molar-refractivity contribution in [2.45, 2.75) is 38.1 Å². The first-order chi connectivity index (χ1) is 5.56. The smallest absolute Gasteiger partial charge is 0.126 e. The molecule has 0 saturated heterocycles. The summed E-state index contributed by atoms with van der Waals surface area (Å²) in [6.45, 7) is 0. The minimum atomic E-state index is -2.32. The van der Waals surface area contributed by atoms with Crippen LogP contribution in [0.25, 0.3) is 0 Å². The predicted molar refractivity (Wildman–Crippen MR) is 65.0 cm³/mol. The van der Waals surface area contributed by atoms with Gasteiger partial charge < -0.3 is 0 Å². The van der Waals surface area contributed by atoms with Gasteiger partial charge in [-0.15, -0.1) is 33.2 Å². The van der Waals surface area contributed by atoms with E-state index in [0.717, 1.165) is 17.8 Å². The molecule has 0 saturated carbocycles. The average molecular weight is 313 g/mol. The molecule has 0 bridgehead atoms. The summed E-state index contributed by atoms with van der Waals surface area (Å²) >= 11 is 20.6. The monoisotopic (exact) mass is 310 g/mol. The molecule has 0 amide bonds. The van der Waals surface area contributed by atoms with Gasteiger partial charge in [0.05, 0.1) is 0 Å². The molecule has 0 fully saturated rings. The Morgan fingerprint density at radius 2 is 1.33 bits per heavy atom. The zero-order valence-corrected chi connectivity index (χ0v) is 11.8. The van der Waals surface area contributed by atoms with E-state index < -0.39 is 6.00 Å². The van der Waals surface area contributed by atoms with Gasteiger partial charge in [0.1, 0.15) is 0 Å². The van der Waals surface area contributed by atoms with E-state index in [0.29, 0.717) is 0 Å². The first kappa shape index (κ1) is 13.6. The third-order valence-corrected chi connectivity index (χ3v) is 4.78. The second-order valence-corrected chi connectivity index (χ2v) is 12.9. The highest BCUT2D eigenvalue weighted by Crippen LogP contribution is 2.27. The fraction of sp³-hybridized carbons (Fsp3) is 1.00. The van der Waals surface area contributed by atoms with Crippen molar-refractivity contribution in [3.63, 3.8) is 0 Å². The summed E-state index contributed by atoms with van der Waals surface area (Å²) in [4.78, 5) is 0. The molecular formula is C7H14BrCl3Si. The largest absolute Gasteiger partial charge is 0.341 e. The summed E-state index contributed by atoms with van der Waals surface area (Å²) in [5.41, 5.74) is 0. The average Bonchev–Trinajstić information content (AvgIpc) is 1.94. The Bertz CT molecular complexity index is 105. The van der Waals surface area contributed by atoms with Crippen molar-refractivity contribution in [2.24, 2.45) is 0 Å². The predicted octanol–water partition coefficient (Wildman–Crippen LogP) is 4.99. The Morgan fingerprint density at radius 3 is 1.83 bits per heavy atom. The fourth-order valence-corrected chi connectivity index (χ4v) is 3.20. The van der Waals surface area contributed by atoms with Crippen molar-refractivity contribution < 1.29 is 0 Å². The van der Waals surface area contributed by atoms with Gasteiger partial charge >= 0.3 is 6.00 Å². The molecule has 0 radical (unpaired) electrons. The first-order valence-electron chi connectivity index (χ1n) is 4.19. The zero-order chi connectivity index (χ0) is 9.45. The molecule has 0 rings (SSSR count). The van der Waals surface area contributed by atoms with Crippen molar-refractivity contribution in [3.05, 3.63) is 0 Å². The number of halogens is 4. The Hall–Kier alpha value is 1.57. The molecule has 0 nitrogen and oxygen atoms in total. The van der Waals surface area contributed by atoms with Crippen molar-refractivity contribution >= 4 is 55.2 Å². The maximum Gasteiger partial charge on any atom is 0.341 e. The maximum atomic E-state index is 5.74. The fourth-order valence-electron chi connectivity index (χ4n) is 0.950. The summed E-state index contributed by atoms with van der Waals surface area (Å²) in [6.07, 6.45) is 6.08. The van der Waals surface area contributed by atoms with Crippen LogP contribution < -0.4 is 0 Å². The number of rotatable bonds is 7. The van der Waals surface area contributed by atoms with Gasteiger partial charge in [0.25, 0.3) is 0 Å². The Kier molecular flexibility index (Phi) is 8.96. The molecule has 0 unspecified atom stereocenters. The lowest BCUT2D eigenvalue weighted by molar-refractivity contribution is 0.659. The standard InChI is InChI=1S/C7H14BrCl3Si/c8-6-4-2-1-3-5-7-12(9,10)11/h1-7H2. The van der Waals surface area contributed by atoms with Gasteiger partial charge in [-0.1, -0.05) is 41.6 Å². The van der Waals surface area contributed by atoms with Crippen molar-refractivity contribution in [1.29, 1.82) is 0 Å². The van der Waals surface area contributed by atoms with Crippen LogP contribution in [0.3, 0.4) is 0 Å². The van der Waals surface area contributed by atoms with Crippen LogP contribution in [0.4, 0.5) is 0 Å². The number of hydrogen-bond acceptors (Lipinski definition) is 0. The van der Waals surface area contributed by atoms with Gasteiger partial charge in [0, 0.05) is 5.33 Å². The molecule has 0 aliphatic rings. The van der Waals surface area contributed by atoms with Crippen LogP contribution in [0.5, 0.6) is 0 Å². The Labute approximate surface area is 98.2 Å². The molecule has 0 aliphatic carbocycles. The molecule has 0 atom stereocenters. The van der Waals surface area contributed by atoms with E-state index in [4.69, 9.17) is 33.2 Å². The second kappa shape index (κ2) is 7.92. The van der Waals surface area contributed by atoms with Crippen LogP contribution >= 0.6 is 49.2 Å². The highest BCUT2D eigenvalue weighted by atomic mass is 79.9. The molecule has 0 heterocycles. The van der Waals surface area contributed by atoms with Gasteiger partial charge in [0.2, 0.25) is 0 Å².